The van der Waals surface area contributed by atoms with Crippen LogP contribution in [0.3, 0.4) is 0 Å². The Bertz CT molecular complexity index is 1210. The molecule has 0 unspecified atom stereocenters. The summed E-state index contributed by atoms with van der Waals surface area (Å²) in [5.74, 6) is 0. The van der Waals surface area contributed by atoms with Gasteiger partial charge >= 0.3 is 0 Å². The van der Waals surface area contributed by atoms with Crippen molar-refractivity contribution in [2.45, 2.75) is 44.9 Å². The van der Waals surface area contributed by atoms with Crippen molar-refractivity contribution in [3.63, 3.8) is 0 Å². The Kier molecular flexibility index (Phi) is 3.83. The van der Waals surface area contributed by atoms with Gasteiger partial charge in [-0.3, -0.25) is 0 Å². The molecule has 29 heavy (non-hydrogen) atoms. The van der Waals surface area contributed by atoms with E-state index in [1.807, 2.05) is 33.8 Å². The molecule has 4 nitrogen and oxygen atoms in total. The second-order valence-electron chi connectivity index (χ2n) is 9.08. The molecule has 148 valence electrons. The van der Waals surface area contributed by atoms with Crippen molar-refractivity contribution in [3.8, 4) is 0 Å². The molecule has 0 spiro atoms. The van der Waals surface area contributed by atoms with Crippen LogP contribution < -0.4 is 0 Å². The average molecular weight is 386 g/mol. The first-order chi connectivity index (χ1) is 13.7. The van der Waals surface area contributed by atoms with Crippen molar-refractivity contribution in [2.75, 3.05) is 0 Å². The molecule has 0 amide bonds. The summed E-state index contributed by atoms with van der Waals surface area (Å²) in [6.07, 6.45) is -0.630. The van der Waals surface area contributed by atoms with Gasteiger partial charge in [0.2, 0.25) is 0 Å². The second-order valence-corrected chi connectivity index (χ2v) is 9.08. The number of nitrogens with zero attached hydrogens (tertiary/aromatic N) is 2. The van der Waals surface area contributed by atoms with Crippen molar-refractivity contribution in [1.29, 1.82) is 0 Å². The summed E-state index contributed by atoms with van der Waals surface area (Å²) in [7, 11) is 0. The SMILES string of the molecule is CC1(C)N(O)C(c2ccc3c4ccccc4c4ccccc4c3c2)N(O)C1(C)C. The van der Waals surface area contributed by atoms with Gasteiger partial charge in [-0.25, -0.2) is 0 Å². The molecule has 5 rings (SSSR count). The molecule has 4 aromatic rings. The molecule has 0 atom stereocenters. The lowest BCUT2D eigenvalue weighted by Gasteiger charge is -2.37. The fraction of sp³-hybridized carbons (Fsp3) is 0.280. The van der Waals surface area contributed by atoms with Crippen molar-refractivity contribution in [1.82, 2.24) is 10.1 Å². The Hall–Kier alpha value is -2.50. The summed E-state index contributed by atoms with van der Waals surface area (Å²) in [5, 5.41) is 31.6. The maximum atomic E-state index is 11.0. The molecular weight excluding hydrogens is 360 g/mol. The van der Waals surface area contributed by atoms with Crippen LogP contribution in [0.2, 0.25) is 0 Å². The van der Waals surface area contributed by atoms with E-state index >= 15 is 0 Å². The summed E-state index contributed by atoms with van der Waals surface area (Å²) in [4.78, 5) is 0. The molecule has 2 N–H and O–H groups in total. The highest BCUT2D eigenvalue weighted by Gasteiger charge is 2.58. The minimum atomic E-state index is -0.630. The van der Waals surface area contributed by atoms with E-state index in [1.165, 1.54) is 37.1 Å². The third-order valence-corrected chi connectivity index (χ3v) is 7.17. The lowest BCUT2D eigenvalue weighted by atomic mass is 9.84. The minimum absolute atomic E-state index is 0.618. The normalized spacial score (nSPS) is 20.2. The van der Waals surface area contributed by atoms with Crippen LogP contribution in [0.4, 0.5) is 0 Å². The highest BCUT2D eigenvalue weighted by Crippen LogP contribution is 2.48. The van der Waals surface area contributed by atoms with Gasteiger partial charge in [0.25, 0.3) is 0 Å². The number of benzene rings is 4. The summed E-state index contributed by atoms with van der Waals surface area (Å²) < 4.78 is 0. The summed E-state index contributed by atoms with van der Waals surface area (Å²) >= 11 is 0. The highest BCUT2D eigenvalue weighted by atomic mass is 16.6. The smallest absolute Gasteiger partial charge is 0.136 e. The van der Waals surface area contributed by atoms with Gasteiger partial charge in [-0.05, 0) is 71.6 Å². The fourth-order valence-corrected chi connectivity index (χ4v) is 4.64. The number of hydrogen-bond acceptors (Lipinski definition) is 4. The van der Waals surface area contributed by atoms with E-state index in [2.05, 4.69) is 60.7 Å². The highest BCUT2D eigenvalue weighted by molar-refractivity contribution is 6.25. The van der Waals surface area contributed by atoms with E-state index < -0.39 is 17.2 Å². The monoisotopic (exact) mass is 386 g/mol. The molecule has 4 heteroatoms. The first-order valence-electron chi connectivity index (χ1n) is 10.0. The van der Waals surface area contributed by atoms with Crippen molar-refractivity contribution >= 4 is 32.3 Å². The van der Waals surface area contributed by atoms with Gasteiger partial charge in [-0.2, -0.15) is 10.1 Å². The number of fused-ring (bicyclic) bond motifs is 6. The molecule has 4 aromatic carbocycles. The molecule has 0 bridgehead atoms. The molecule has 0 aliphatic carbocycles. The quantitative estimate of drug-likeness (QED) is 0.388. The van der Waals surface area contributed by atoms with E-state index in [1.54, 1.807) is 0 Å². The Morgan fingerprint density at radius 3 is 1.41 bits per heavy atom. The first kappa shape index (κ1) is 18.5. The first-order valence-corrected chi connectivity index (χ1v) is 10.0. The van der Waals surface area contributed by atoms with Crippen molar-refractivity contribution in [2.24, 2.45) is 0 Å². The summed E-state index contributed by atoms with van der Waals surface area (Å²) in [6, 6.07) is 23.1. The third-order valence-electron chi connectivity index (χ3n) is 7.17. The molecule has 1 aliphatic heterocycles. The molecule has 1 fully saturated rings. The van der Waals surface area contributed by atoms with Gasteiger partial charge in [-0.1, -0.05) is 60.7 Å². The van der Waals surface area contributed by atoms with Crippen LogP contribution in [0.25, 0.3) is 32.3 Å². The molecule has 1 saturated heterocycles. The van der Waals surface area contributed by atoms with Gasteiger partial charge in [0, 0.05) is 0 Å². The van der Waals surface area contributed by atoms with Crippen molar-refractivity contribution in [3.05, 3.63) is 72.3 Å². The summed E-state index contributed by atoms with van der Waals surface area (Å²) in [5.41, 5.74) is -0.374. The second kappa shape index (κ2) is 6.00. The van der Waals surface area contributed by atoms with Gasteiger partial charge in [0.05, 0.1) is 11.1 Å². The Labute approximate surface area is 170 Å². The van der Waals surface area contributed by atoms with Crippen LogP contribution in [0.1, 0.15) is 39.4 Å². The van der Waals surface area contributed by atoms with E-state index in [-0.39, 0.29) is 0 Å². The standard InChI is InChI=1S/C25H26N2O2/c1-24(2)25(3,4)27(29)23(26(24)28)16-13-14-21-19-11-6-5-9-17(19)18-10-7-8-12-20(18)22(21)15-16/h5-15,23,28-29H,1-4H3. The van der Waals surface area contributed by atoms with Crippen LogP contribution in [-0.2, 0) is 0 Å². The molecule has 1 aliphatic rings. The van der Waals surface area contributed by atoms with E-state index in [9.17, 15) is 10.4 Å². The Morgan fingerprint density at radius 1 is 0.586 bits per heavy atom. The maximum Gasteiger partial charge on any atom is 0.136 e. The van der Waals surface area contributed by atoms with Crippen LogP contribution in [0.5, 0.6) is 0 Å². The van der Waals surface area contributed by atoms with Crippen LogP contribution >= 0.6 is 0 Å². The number of hydrogen-bond donors (Lipinski definition) is 2. The zero-order valence-electron chi connectivity index (χ0n) is 17.2. The predicted octanol–water partition coefficient (Wildman–Crippen LogP) is 6.10. The van der Waals surface area contributed by atoms with Gasteiger partial charge < -0.3 is 10.4 Å². The van der Waals surface area contributed by atoms with E-state index in [0.717, 1.165) is 10.9 Å². The molecule has 0 aromatic heterocycles. The molecule has 1 heterocycles. The largest absolute Gasteiger partial charge is 0.311 e. The molecule has 0 saturated carbocycles. The third kappa shape index (κ3) is 2.34. The lowest BCUT2D eigenvalue weighted by Crippen LogP contribution is -2.52. The van der Waals surface area contributed by atoms with E-state index in [4.69, 9.17) is 0 Å². The van der Waals surface area contributed by atoms with Gasteiger partial charge in [0.1, 0.15) is 6.17 Å². The van der Waals surface area contributed by atoms with Crippen molar-refractivity contribution < 1.29 is 10.4 Å². The molecule has 0 radical (unpaired) electrons. The van der Waals surface area contributed by atoms with Crippen LogP contribution in [0, 0.1) is 0 Å². The molecular formula is C25H26N2O2. The summed E-state index contributed by atoms with van der Waals surface area (Å²) in [6.45, 7) is 7.78. The fourth-order valence-electron chi connectivity index (χ4n) is 4.64. The zero-order valence-corrected chi connectivity index (χ0v) is 17.2. The number of hydroxylamine groups is 4. The predicted molar refractivity (Wildman–Crippen MR) is 117 cm³/mol. The average Bonchev–Trinajstić information content (AvgIpc) is 2.84. The number of rotatable bonds is 1. The van der Waals surface area contributed by atoms with Gasteiger partial charge in [-0.15, -0.1) is 0 Å². The zero-order chi connectivity index (χ0) is 20.6. The topological polar surface area (TPSA) is 46.9 Å². The van der Waals surface area contributed by atoms with Gasteiger partial charge in [0.15, 0.2) is 0 Å². The lowest BCUT2D eigenvalue weighted by molar-refractivity contribution is -0.223. The maximum absolute atomic E-state index is 11.0. The Morgan fingerprint density at radius 2 is 0.966 bits per heavy atom. The van der Waals surface area contributed by atoms with E-state index in [0.29, 0.717) is 0 Å². The van der Waals surface area contributed by atoms with Crippen LogP contribution in [0.15, 0.2) is 66.7 Å². The van der Waals surface area contributed by atoms with Crippen LogP contribution in [-0.4, -0.2) is 31.6 Å². The minimum Gasteiger partial charge on any atom is -0.311 e. The Balaban J connectivity index is 1.81.